The first-order valence-corrected chi connectivity index (χ1v) is 12.0. The zero-order chi connectivity index (χ0) is 21.4. The highest BCUT2D eigenvalue weighted by molar-refractivity contribution is 7.89. The summed E-state index contributed by atoms with van der Waals surface area (Å²) in [6.07, 6.45) is 4.45. The summed E-state index contributed by atoms with van der Waals surface area (Å²) >= 11 is 0. The van der Waals surface area contributed by atoms with Gasteiger partial charge in [0.1, 0.15) is 12.2 Å². The Balaban J connectivity index is 1.57. The van der Waals surface area contributed by atoms with Crippen LogP contribution in [0.5, 0.6) is 0 Å². The normalized spacial score (nSPS) is 15.5. The van der Waals surface area contributed by atoms with Gasteiger partial charge in [0.2, 0.25) is 10.0 Å². The second kappa shape index (κ2) is 10.5. The van der Waals surface area contributed by atoms with Crippen molar-refractivity contribution in [2.75, 3.05) is 26.2 Å². The number of aryl methyl sites for hydroxylation is 1. The average molecular weight is 434 g/mol. The lowest BCUT2D eigenvalue weighted by Crippen LogP contribution is -2.38. The van der Waals surface area contributed by atoms with E-state index in [0.717, 1.165) is 49.7 Å². The van der Waals surface area contributed by atoms with Gasteiger partial charge in [0, 0.05) is 39.1 Å². The first-order chi connectivity index (χ1) is 14.5. The highest BCUT2D eigenvalue weighted by Crippen LogP contribution is 2.21. The van der Waals surface area contributed by atoms with E-state index in [-0.39, 0.29) is 0 Å². The molecular formula is C20H31N7O2S. The molecule has 0 atom stereocenters. The summed E-state index contributed by atoms with van der Waals surface area (Å²) in [5.41, 5.74) is 0.958. The van der Waals surface area contributed by atoms with Gasteiger partial charge in [-0.2, -0.15) is 4.31 Å². The molecule has 1 aliphatic heterocycles. The summed E-state index contributed by atoms with van der Waals surface area (Å²) in [6.45, 7) is 7.97. The molecule has 1 aliphatic rings. The van der Waals surface area contributed by atoms with Crippen LogP contribution in [0.4, 0.5) is 0 Å². The molecular weight excluding hydrogens is 402 g/mol. The van der Waals surface area contributed by atoms with E-state index in [1.165, 1.54) is 0 Å². The molecule has 1 fully saturated rings. The smallest absolute Gasteiger partial charge is 0.243 e. The van der Waals surface area contributed by atoms with Crippen LogP contribution in [0.2, 0.25) is 0 Å². The summed E-state index contributed by atoms with van der Waals surface area (Å²) in [7, 11) is -3.37. The van der Waals surface area contributed by atoms with Gasteiger partial charge < -0.3 is 15.2 Å². The maximum atomic E-state index is 12.6. The zero-order valence-electron chi connectivity index (χ0n) is 17.7. The average Bonchev–Trinajstić information content (AvgIpc) is 3.44. The maximum Gasteiger partial charge on any atom is 0.243 e. The Morgan fingerprint density at radius 2 is 1.87 bits per heavy atom. The van der Waals surface area contributed by atoms with Crippen molar-refractivity contribution in [2.45, 2.75) is 51.1 Å². The number of sulfonamides is 1. The fourth-order valence-corrected chi connectivity index (χ4v) is 4.91. The lowest BCUT2D eigenvalue weighted by Gasteiger charge is -2.15. The van der Waals surface area contributed by atoms with Gasteiger partial charge in [-0.05, 0) is 37.5 Å². The number of nitrogens with one attached hydrogen (secondary N) is 2. The predicted molar refractivity (Wildman–Crippen MR) is 117 cm³/mol. The van der Waals surface area contributed by atoms with Crippen LogP contribution in [-0.4, -0.2) is 59.6 Å². The van der Waals surface area contributed by atoms with Gasteiger partial charge in [0.05, 0.1) is 11.4 Å². The summed E-state index contributed by atoms with van der Waals surface area (Å²) in [4.78, 5) is 4.96. The minimum Gasteiger partial charge on any atom is -0.357 e. The van der Waals surface area contributed by atoms with E-state index in [1.807, 2.05) is 23.6 Å². The Labute approximate surface area is 178 Å². The predicted octanol–water partition coefficient (Wildman–Crippen LogP) is 1.38. The van der Waals surface area contributed by atoms with Gasteiger partial charge in [0.15, 0.2) is 5.96 Å². The van der Waals surface area contributed by atoms with Crippen molar-refractivity contribution in [2.24, 2.45) is 4.99 Å². The van der Waals surface area contributed by atoms with E-state index in [0.29, 0.717) is 31.1 Å². The van der Waals surface area contributed by atoms with Crippen molar-refractivity contribution in [3.63, 3.8) is 0 Å². The molecule has 2 aromatic rings. The molecule has 2 N–H and O–H groups in total. The van der Waals surface area contributed by atoms with Crippen molar-refractivity contribution in [1.82, 2.24) is 29.7 Å². The van der Waals surface area contributed by atoms with Crippen molar-refractivity contribution in [3.05, 3.63) is 42.0 Å². The second-order valence-electron chi connectivity index (χ2n) is 7.17. The van der Waals surface area contributed by atoms with Crippen LogP contribution in [0, 0.1) is 0 Å². The van der Waals surface area contributed by atoms with Crippen molar-refractivity contribution in [3.8, 4) is 0 Å². The van der Waals surface area contributed by atoms with E-state index in [1.54, 1.807) is 22.8 Å². The number of aromatic nitrogens is 3. The van der Waals surface area contributed by atoms with Crippen LogP contribution in [0.3, 0.4) is 0 Å². The molecule has 0 bridgehead atoms. The molecule has 0 radical (unpaired) electrons. The second-order valence-corrected chi connectivity index (χ2v) is 9.11. The summed E-state index contributed by atoms with van der Waals surface area (Å²) in [5.74, 6) is 1.68. The number of nitrogens with zero attached hydrogens (tertiary/aromatic N) is 5. The highest BCUT2D eigenvalue weighted by atomic mass is 32.2. The first-order valence-electron chi connectivity index (χ1n) is 10.5. The van der Waals surface area contributed by atoms with Crippen LogP contribution in [0.1, 0.15) is 38.1 Å². The minimum atomic E-state index is -3.37. The molecule has 1 aromatic carbocycles. The number of hydrogen-bond acceptors (Lipinski definition) is 5. The van der Waals surface area contributed by atoms with Crippen molar-refractivity contribution >= 4 is 16.0 Å². The van der Waals surface area contributed by atoms with Crippen LogP contribution in [-0.2, 0) is 29.5 Å². The largest absolute Gasteiger partial charge is 0.357 e. The Morgan fingerprint density at radius 1 is 1.13 bits per heavy atom. The Hall–Kier alpha value is -2.46. The van der Waals surface area contributed by atoms with E-state index in [9.17, 15) is 8.42 Å². The SMILES string of the molecule is CCNC(=NCc1ccc(S(=O)(=O)N2CCCC2)cc1)NCCn1cnnc1CC. The summed E-state index contributed by atoms with van der Waals surface area (Å²) in [5, 5.41) is 14.6. The third-order valence-electron chi connectivity index (χ3n) is 5.05. The molecule has 9 nitrogen and oxygen atoms in total. The number of benzene rings is 1. The lowest BCUT2D eigenvalue weighted by atomic mass is 10.2. The lowest BCUT2D eigenvalue weighted by molar-refractivity contribution is 0.477. The molecule has 0 spiro atoms. The highest BCUT2D eigenvalue weighted by Gasteiger charge is 2.26. The molecule has 164 valence electrons. The van der Waals surface area contributed by atoms with Crippen LogP contribution in [0.25, 0.3) is 0 Å². The molecule has 0 amide bonds. The fraction of sp³-hybridized carbons (Fsp3) is 0.550. The van der Waals surface area contributed by atoms with Gasteiger partial charge in [-0.3, -0.25) is 0 Å². The van der Waals surface area contributed by atoms with Crippen LogP contribution >= 0.6 is 0 Å². The molecule has 2 heterocycles. The first kappa shape index (κ1) is 22.2. The van der Waals surface area contributed by atoms with Gasteiger partial charge in [-0.25, -0.2) is 13.4 Å². The number of aliphatic imine (C=N–C) groups is 1. The van der Waals surface area contributed by atoms with E-state index in [2.05, 4.69) is 32.7 Å². The number of guanidine groups is 1. The van der Waals surface area contributed by atoms with Crippen LogP contribution in [0.15, 0.2) is 40.5 Å². The monoisotopic (exact) mass is 433 g/mol. The molecule has 3 rings (SSSR count). The third-order valence-corrected chi connectivity index (χ3v) is 6.96. The van der Waals surface area contributed by atoms with E-state index in [4.69, 9.17) is 0 Å². The topological polar surface area (TPSA) is 105 Å². The summed E-state index contributed by atoms with van der Waals surface area (Å²) < 4.78 is 28.8. The van der Waals surface area contributed by atoms with Gasteiger partial charge in [-0.15, -0.1) is 10.2 Å². The number of hydrogen-bond donors (Lipinski definition) is 2. The summed E-state index contributed by atoms with van der Waals surface area (Å²) in [6, 6.07) is 7.02. The van der Waals surface area contributed by atoms with Crippen LogP contribution < -0.4 is 10.6 Å². The van der Waals surface area contributed by atoms with E-state index < -0.39 is 10.0 Å². The third kappa shape index (κ3) is 5.57. The Kier molecular flexibility index (Phi) is 7.81. The molecule has 0 unspecified atom stereocenters. The molecule has 0 aliphatic carbocycles. The Morgan fingerprint density at radius 3 is 2.53 bits per heavy atom. The minimum absolute atomic E-state index is 0.350. The van der Waals surface area contributed by atoms with E-state index >= 15 is 0 Å². The van der Waals surface area contributed by atoms with Gasteiger partial charge >= 0.3 is 0 Å². The Bertz CT molecular complexity index is 932. The molecule has 0 saturated carbocycles. The van der Waals surface area contributed by atoms with Crippen molar-refractivity contribution < 1.29 is 8.42 Å². The number of rotatable bonds is 9. The fourth-order valence-electron chi connectivity index (χ4n) is 3.39. The molecule has 10 heteroatoms. The quantitative estimate of drug-likeness (QED) is 0.457. The van der Waals surface area contributed by atoms with Gasteiger partial charge in [-0.1, -0.05) is 19.1 Å². The van der Waals surface area contributed by atoms with Gasteiger partial charge in [0.25, 0.3) is 0 Å². The van der Waals surface area contributed by atoms with Crippen molar-refractivity contribution in [1.29, 1.82) is 0 Å². The zero-order valence-corrected chi connectivity index (χ0v) is 18.5. The molecule has 1 saturated heterocycles. The molecule has 30 heavy (non-hydrogen) atoms. The maximum absolute atomic E-state index is 12.6. The standard InChI is InChI=1S/C20H31N7O2S/c1-3-19-25-24-16-26(19)14-11-22-20(21-4-2)23-15-17-7-9-18(10-8-17)30(28,29)27-12-5-6-13-27/h7-10,16H,3-6,11-15H2,1-2H3,(H2,21,22,23). The molecule has 1 aromatic heterocycles.